The van der Waals surface area contributed by atoms with Crippen LogP contribution >= 0.6 is 0 Å². The molecule has 0 radical (unpaired) electrons. The summed E-state index contributed by atoms with van der Waals surface area (Å²) in [5.41, 5.74) is 0. The van der Waals surface area contributed by atoms with E-state index in [0.29, 0.717) is 6.61 Å². The SMILES string of the molecule is CCC=CCC=CCC=CCC=CCC=CCCCCOCC(=O)O. The van der Waals surface area contributed by atoms with Gasteiger partial charge >= 0.3 is 5.97 Å². The maximum Gasteiger partial charge on any atom is 0.329 e. The third-order valence-corrected chi connectivity index (χ3v) is 3.29. The van der Waals surface area contributed by atoms with E-state index in [-0.39, 0.29) is 6.61 Å². The summed E-state index contributed by atoms with van der Waals surface area (Å²) in [6.07, 6.45) is 30.0. The second-order valence-corrected chi connectivity index (χ2v) is 5.65. The summed E-state index contributed by atoms with van der Waals surface area (Å²) in [7, 11) is 0. The van der Waals surface area contributed by atoms with E-state index >= 15 is 0 Å². The number of allylic oxidation sites excluding steroid dienone is 10. The first-order chi connectivity index (χ1) is 12.3. The molecule has 25 heavy (non-hydrogen) atoms. The van der Waals surface area contributed by atoms with Crippen molar-refractivity contribution in [3.05, 3.63) is 60.8 Å². The zero-order valence-electron chi connectivity index (χ0n) is 15.6. The van der Waals surface area contributed by atoms with Gasteiger partial charge < -0.3 is 9.84 Å². The van der Waals surface area contributed by atoms with Crippen LogP contribution < -0.4 is 0 Å². The molecule has 0 fully saturated rings. The Kier molecular flexibility index (Phi) is 18.7. The van der Waals surface area contributed by atoms with Crippen molar-refractivity contribution < 1.29 is 14.6 Å². The smallest absolute Gasteiger partial charge is 0.329 e. The van der Waals surface area contributed by atoms with Gasteiger partial charge in [0.1, 0.15) is 6.61 Å². The number of carbonyl (C=O) groups is 1. The molecule has 140 valence electrons. The van der Waals surface area contributed by atoms with E-state index in [4.69, 9.17) is 9.84 Å². The van der Waals surface area contributed by atoms with Crippen LogP contribution in [0.15, 0.2) is 60.8 Å². The van der Waals surface area contributed by atoms with Crippen molar-refractivity contribution >= 4 is 5.97 Å². The first-order valence-corrected chi connectivity index (χ1v) is 9.31. The molecule has 0 spiro atoms. The highest BCUT2D eigenvalue weighted by Gasteiger charge is 1.94. The molecule has 3 nitrogen and oxygen atoms in total. The van der Waals surface area contributed by atoms with E-state index in [2.05, 4.69) is 67.7 Å². The zero-order chi connectivity index (χ0) is 18.4. The normalized spacial score (nSPS) is 12.7. The molecule has 0 aliphatic carbocycles. The van der Waals surface area contributed by atoms with Gasteiger partial charge in [-0.3, -0.25) is 0 Å². The molecule has 0 saturated heterocycles. The quantitative estimate of drug-likeness (QED) is 0.275. The van der Waals surface area contributed by atoms with E-state index in [1.807, 2.05) is 0 Å². The predicted molar refractivity (Wildman–Crippen MR) is 107 cm³/mol. The van der Waals surface area contributed by atoms with E-state index < -0.39 is 5.97 Å². The van der Waals surface area contributed by atoms with Gasteiger partial charge in [-0.2, -0.15) is 0 Å². The molecule has 0 aliphatic rings. The highest BCUT2D eigenvalue weighted by Crippen LogP contribution is 1.99. The number of rotatable bonds is 16. The lowest BCUT2D eigenvalue weighted by atomic mass is 10.2. The van der Waals surface area contributed by atoms with Crippen LogP contribution in [-0.2, 0) is 9.53 Å². The van der Waals surface area contributed by atoms with E-state index in [9.17, 15) is 4.79 Å². The van der Waals surface area contributed by atoms with E-state index in [1.54, 1.807) is 0 Å². The van der Waals surface area contributed by atoms with Gasteiger partial charge in [-0.05, 0) is 51.4 Å². The average molecular weight is 347 g/mol. The lowest BCUT2D eigenvalue weighted by Gasteiger charge is -1.99. The minimum atomic E-state index is -0.905. The highest BCUT2D eigenvalue weighted by molar-refractivity contribution is 5.67. The fourth-order valence-corrected chi connectivity index (χ4v) is 1.99. The van der Waals surface area contributed by atoms with Gasteiger partial charge in [-0.25, -0.2) is 4.79 Å². The first kappa shape index (κ1) is 23.1. The molecule has 0 atom stereocenters. The topological polar surface area (TPSA) is 46.5 Å². The lowest BCUT2D eigenvalue weighted by molar-refractivity contribution is -0.142. The highest BCUT2D eigenvalue weighted by atomic mass is 16.5. The Bertz CT molecular complexity index is 442. The molecule has 0 amide bonds. The molecule has 3 heteroatoms. The zero-order valence-corrected chi connectivity index (χ0v) is 15.6. The summed E-state index contributed by atoms with van der Waals surface area (Å²) in [4.78, 5) is 10.2. The molecule has 0 aromatic heterocycles. The number of aliphatic carboxylic acids is 1. The molecule has 0 saturated carbocycles. The van der Waals surface area contributed by atoms with Crippen molar-refractivity contribution in [2.75, 3.05) is 13.2 Å². The van der Waals surface area contributed by atoms with Crippen molar-refractivity contribution in [3.8, 4) is 0 Å². The van der Waals surface area contributed by atoms with Gasteiger partial charge in [-0.1, -0.05) is 67.7 Å². The van der Waals surface area contributed by atoms with Gasteiger partial charge in [0.15, 0.2) is 0 Å². The van der Waals surface area contributed by atoms with Crippen molar-refractivity contribution in [2.45, 2.75) is 58.3 Å². The Hall–Kier alpha value is -1.87. The summed E-state index contributed by atoms with van der Waals surface area (Å²) < 4.78 is 4.98. The molecule has 0 aliphatic heterocycles. The molecule has 1 N–H and O–H groups in total. The van der Waals surface area contributed by atoms with Crippen LogP contribution in [0.25, 0.3) is 0 Å². The summed E-state index contributed by atoms with van der Waals surface area (Å²) in [5.74, 6) is -0.905. The standard InChI is InChI=1S/C22H34O3/c1-2-3-4-5-6-7-8-9-10-11-12-13-14-15-16-17-18-19-20-25-21-22(23)24/h3-4,6-7,9-10,12-13,15-16H,2,5,8,11,14,17-21H2,1H3,(H,23,24). The Labute approximate surface area is 153 Å². The van der Waals surface area contributed by atoms with Crippen molar-refractivity contribution in [1.29, 1.82) is 0 Å². The summed E-state index contributed by atoms with van der Waals surface area (Å²) in [5, 5.41) is 8.41. The average Bonchev–Trinajstić information content (AvgIpc) is 2.60. The van der Waals surface area contributed by atoms with Gasteiger partial charge in [0.2, 0.25) is 0 Å². The molecule has 0 heterocycles. The molecule has 0 rings (SSSR count). The second kappa shape index (κ2) is 20.2. The van der Waals surface area contributed by atoms with Crippen LogP contribution in [0.1, 0.15) is 58.3 Å². The van der Waals surface area contributed by atoms with Crippen LogP contribution in [-0.4, -0.2) is 24.3 Å². The van der Waals surface area contributed by atoms with Crippen LogP contribution in [0.2, 0.25) is 0 Å². The predicted octanol–water partition coefficient (Wildman–Crippen LogP) is 6.01. The fraction of sp³-hybridized carbons (Fsp3) is 0.500. The van der Waals surface area contributed by atoms with Crippen LogP contribution in [0.3, 0.4) is 0 Å². The van der Waals surface area contributed by atoms with Crippen LogP contribution in [0.4, 0.5) is 0 Å². The number of ether oxygens (including phenoxy) is 1. The number of carboxylic acid groups (broad SMARTS) is 1. The number of hydrogen-bond donors (Lipinski definition) is 1. The third-order valence-electron chi connectivity index (χ3n) is 3.29. The Morgan fingerprint density at radius 3 is 1.72 bits per heavy atom. The first-order valence-electron chi connectivity index (χ1n) is 9.31. The summed E-state index contributed by atoms with van der Waals surface area (Å²) in [6, 6.07) is 0. The molecule has 0 unspecified atom stereocenters. The maximum atomic E-state index is 10.2. The molecular weight excluding hydrogens is 312 g/mol. The number of unbranched alkanes of at least 4 members (excludes halogenated alkanes) is 2. The van der Waals surface area contributed by atoms with E-state index in [1.165, 1.54) is 0 Å². The van der Waals surface area contributed by atoms with Gasteiger partial charge in [0, 0.05) is 6.61 Å². The van der Waals surface area contributed by atoms with Gasteiger partial charge in [0.25, 0.3) is 0 Å². The van der Waals surface area contributed by atoms with Gasteiger partial charge in [-0.15, -0.1) is 0 Å². The fourth-order valence-electron chi connectivity index (χ4n) is 1.99. The maximum absolute atomic E-state index is 10.2. The Morgan fingerprint density at radius 1 is 0.760 bits per heavy atom. The molecule has 0 bridgehead atoms. The summed E-state index contributed by atoms with van der Waals surface area (Å²) >= 11 is 0. The third kappa shape index (κ3) is 22.1. The minimum Gasteiger partial charge on any atom is -0.480 e. The van der Waals surface area contributed by atoms with Crippen LogP contribution in [0, 0.1) is 0 Å². The Morgan fingerprint density at radius 2 is 1.24 bits per heavy atom. The van der Waals surface area contributed by atoms with Crippen molar-refractivity contribution in [2.24, 2.45) is 0 Å². The molecule has 0 aromatic carbocycles. The van der Waals surface area contributed by atoms with Crippen molar-refractivity contribution in [1.82, 2.24) is 0 Å². The van der Waals surface area contributed by atoms with Crippen LogP contribution in [0.5, 0.6) is 0 Å². The van der Waals surface area contributed by atoms with Gasteiger partial charge in [0.05, 0.1) is 0 Å². The number of hydrogen-bond acceptors (Lipinski definition) is 2. The molecule has 0 aromatic rings. The largest absolute Gasteiger partial charge is 0.480 e. The van der Waals surface area contributed by atoms with E-state index in [0.717, 1.165) is 51.4 Å². The summed E-state index contributed by atoms with van der Waals surface area (Å²) in [6.45, 7) is 2.48. The molecular formula is C22H34O3. The lowest BCUT2D eigenvalue weighted by Crippen LogP contribution is -2.07. The minimum absolute atomic E-state index is 0.193. The Balaban J connectivity index is 3.40. The second-order valence-electron chi connectivity index (χ2n) is 5.65. The monoisotopic (exact) mass is 346 g/mol. The number of carboxylic acids is 1. The van der Waals surface area contributed by atoms with Crippen molar-refractivity contribution in [3.63, 3.8) is 0 Å².